The number of rotatable bonds is 3. The first-order valence-electron chi connectivity index (χ1n) is 6.02. The standard InChI is InChI=1S/C16H13N3S/c1-19(13-6-3-5-12(9-13)10-17)15-7-4-8-16(20-2)14(15)11-18/h3-9H,1-2H3. The molecule has 4 heteroatoms. The van der Waals surface area contributed by atoms with E-state index in [4.69, 9.17) is 5.26 Å². The van der Waals surface area contributed by atoms with Gasteiger partial charge in [0, 0.05) is 17.6 Å². The zero-order valence-corrected chi connectivity index (χ0v) is 12.1. The highest BCUT2D eigenvalue weighted by molar-refractivity contribution is 7.98. The molecule has 0 spiro atoms. The fourth-order valence-corrected chi connectivity index (χ4v) is 2.57. The van der Waals surface area contributed by atoms with Crippen molar-refractivity contribution in [3.8, 4) is 12.1 Å². The molecule has 0 atom stereocenters. The number of hydrogen-bond donors (Lipinski definition) is 0. The van der Waals surface area contributed by atoms with Crippen LogP contribution in [0.25, 0.3) is 0 Å². The molecule has 0 aliphatic heterocycles. The number of anilines is 2. The van der Waals surface area contributed by atoms with Gasteiger partial charge in [-0.3, -0.25) is 0 Å². The smallest absolute Gasteiger partial charge is 0.103 e. The molecule has 0 saturated heterocycles. The van der Waals surface area contributed by atoms with Crippen LogP contribution in [0, 0.1) is 22.7 Å². The number of nitriles is 2. The summed E-state index contributed by atoms with van der Waals surface area (Å²) >= 11 is 1.55. The van der Waals surface area contributed by atoms with E-state index in [-0.39, 0.29) is 0 Å². The first kappa shape index (κ1) is 14.0. The van der Waals surface area contributed by atoms with E-state index in [9.17, 15) is 5.26 Å². The Morgan fingerprint density at radius 3 is 2.45 bits per heavy atom. The van der Waals surface area contributed by atoms with Crippen LogP contribution >= 0.6 is 11.8 Å². The highest BCUT2D eigenvalue weighted by Crippen LogP contribution is 2.32. The van der Waals surface area contributed by atoms with Crippen LogP contribution in [-0.2, 0) is 0 Å². The third-order valence-corrected chi connectivity index (χ3v) is 3.84. The van der Waals surface area contributed by atoms with Crippen LogP contribution in [0.5, 0.6) is 0 Å². The predicted octanol–water partition coefficient (Wildman–Crippen LogP) is 3.92. The highest BCUT2D eigenvalue weighted by Gasteiger charge is 2.12. The molecule has 3 nitrogen and oxygen atoms in total. The first-order chi connectivity index (χ1) is 9.71. The van der Waals surface area contributed by atoms with E-state index in [2.05, 4.69) is 12.1 Å². The summed E-state index contributed by atoms with van der Waals surface area (Å²) in [5.74, 6) is 0. The van der Waals surface area contributed by atoms with Crippen molar-refractivity contribution in [2.75, 3.05) is 18.2 Å². The van der Waals surface area contributed by atoms with Crippen LogP contribution in [0.1, 0.15) is 11.1 Å². The quantitative estimate of drug-likeness (QED) is 0.799. The zero-order chi connectivity index (χ0) is 14.5. The molecule has 0 aliphatic carbocycles. The van der Waals surface area contributed by atoms with Crippen LogP contribution in [0.2, 0.25) is 0 Å². The largest absolute Gasteiger partial charge is 0.343 e. The van der Waals surface area contributed by atoms with Crippen molar-refractivity contribution >= 4 is 23.1 Å². The van der Waals surface area contributed by atoms with Crippen LogP contribution in [0.3, 0.4) is 0 Å². The lowest BCUT2D eigenvalue weighted by Crippen LogP contribution is -2.11. The van der Waals surface area contributed by atoms with Gasteiger partial charge in [-0.2, -0.15) is 10.5 Å². The third-order valence-electron chi connectivity index (χ3n) is 3.06. The molecule has 2 aromatic rings. The summed E-state index contributed by atoms with van der Waals surface area (Å²) in [6, 6.07) is 17.5. The van der Waals surface area contributed by atoms with Crippen molar-refractivity contribution in [3.05, 3.63) is 53.6 Å². The molecule has 0 amide bonds. The number of benzene rings is 2. The van der Waals surface area contributed by atoms with Crippen molar-refractivity contribution in [1.29, 1.82) is 10.5 Å². The topological polar surface area (TPSA) is 50.8 Å². The van der Waals surface area contributed by atoms with Crippen molar-refractivity contribution in [3.63, 3.8) is 0 Å². The minimum Gasteiger partial charge on any atom is -0.343 e. The maximum atomic E-state index is 9.38. The van der Waals surface area contributed by atoms with Crippen LogP contribution in [-0.4, -0.2) is 13.3 Å². The van der Waals surface area contributed by atoms with Gasteiger partial charge < -0.3 is 4.90 Å². The maximum absolute atomic E-state index is 9.38. The molecule has 0 aromatic heterocycles. The minimum absolute atomic E-state index is 0.605. The van der Waals surface area contributed by atoms with E-state index in [1.165, 1.54) is 0 Å². The lowest BCUT2D eigenvalue weighted by atomic mass is 10.1. The highest BCUT2D eigenvalue weighted by atomic mass is 32.2. The Labute approximate surface area is 123 Å². The number of thioether (sulfide) groups is 1. The van der Waals surface area contributed by atoms with Gasteiger partial charge in [0.05, 0.1) is 22.9 Å². The van der Waals surface area contributed by atoms with Gasteiger partial charge in [-0.1, -0.05) is 12.1 Å². The van der Waals surface area contributed by atoms with Gasteiger partial charge in [0.2, 0.25) is 0 Å². The van der Waals surface area contributed by atoms with E-state index in [1.54, 1.807) is 17.8 Å². The molecular formula is C16H13N3S. The summed E-state index contributed by atoms with van der Waals surface area (Å²) in [6.07, 6.45) is 1.95. The second-order valence-electron chi connectivity index (χ2n) is 4.19. The molecule has 0 fully saturated rings. The van der Waals surface area contributed by atoms with E-state index in [1.807, 2.05) is 54.6 Å². The summed E-state index contributed by atoms with van der Waals surface area (Å²) in [7, 11) is 1.90. The average Bonchev–Trinajstić information content (AvgIpc) is 2.53. The lowest BCUT2D eigenvalue weighted by Gasteiger charge is -2.21. The number of nitrogens with zero attached hydrogens (tertiary/aromatic N) is 3. The molecule has 0 bridgehead atoms. The molecule has 0 N–H and O–H groups in total. The van der Waals surface area contributed by atoms with Gasteiger partial charge in [-0.15, -0.1) is 11.8 Å². The summed E-state index contributed by atoms with van der Waals surface area (Å²) in [5.41, 5.74) is 2.99. The van der Waals surface area contributed by atoms with Crippen molar-refractivity contribution in [2.24, 2.45) is 0 Å². The summed E-state index contributed by atoms with van der Waals surface area (Å²) < 4.78 is 0. The van der Waals surface area contributed by atoms with E-state index in [0.717, 1.165) is 16.3 Å². The Kier molecular flexibility index (Phi) is 4.30. The molecule has 98 valence electrons. The molecular weight excluding hydrogens is 266 g/mol. The fourth-order valence-electron chi connectivity index (χ4n) is 2.00. The normalized spacial score (nSPS) is 9.60. The van der Waals surface area contributed by atoms with Crippen molar-refractivity contribution in [1.82, 2.24) is 0 Å². The Morgan fingerprint density at radius 2 is 1.80 bits per heavy atom. The first-order valence-corrected chi connectivity index (χ1v) is 7.24. The number of hydrogen-bond acceptors (Lipinski definition) is 4. The summed E-state index contributed by atoms with van der Waals surface area (Å²) in [6.45, 7) is 0. The van der Waals surface area contributed by atoms with Gasteiger partial charge in [0.25, 0.3) is 0 Å². The molecule has 0 saturated carbocycles. The van der Waals surface area contributed by atoms with Gasteiger partial charge in [-0.05, 0) is 36.6 Å². The monoisotopic (exact) mass is 279 g/mol. The summed E-state index contributed by atoms with van der Waals surface area (Å²) in [5, 5.41) is 18.4. The van der Waals surface area contributed by atoms with E-state index < -0.39 is 0 Å². The van der Waals surface area contributed by atoms with Crippen LogP contribution < -0.4 is 4.90 Å². The second-order valence-corrected chi connectivity index (χ2v) is 5.04. The van der Waals surface area contributed by atoms with Gasteiger partial charge >= 0.3 is 0 Å². The molecule has 2 aromatic carbocycles. The Hall–Kier alpha value is -2.43. The Morgan fingerprint density at radius 1 is 1.05 bits per heavy atom. The Bertz CT molecular complexity index is 710. The SMILES string of the molecule is CSc1cccc(N(C)c2cccc(C#N)c2)c1C#N. The summed E-state index contributed by atoms with van der Waals surface area (Å²) in [4.78, 5) is 2.88. The van der Waals surface area contributed by atoms with Crippen LogP contribution in [0.15, 0.2) is 47.4 Å². The van der Waals surface area contributed by atoms with Gasteiger partial charge in [0.15, 0.2) is 0 Å². The maximum Gasteiger partial charge on any atom is 0.103 e. The minimum atomic E-state index is 0.605. The van der Waals surface area contributed by atoms with Crippen molar-refractivity contribution in [2.45, 2.75) is 4.90 Å². The molecule has 0 unspecified atom stereocenters. The average molecular weight is 279 g/mol. The molecule has 0 radical (unpaired) electrons. The van der Waals surface area contributed by atoms with E-state index in [0.29, 0.717) is 11.1 Å². The molecule has 20 heavy (non-hydrogen) atoms. The predicted molar refractivity (Wildman–Crippen MR) is 82.2 cm³/mol. The zero-order valence-electron chi connectivity index (χ0n) is 11.3. The fraction of sp³-hybridized carbons (Fsp3) is 0.125. The molecule has 2 rings (SSSR count). The van der Waals surface area contributed by atoms with Gasteiger partial charge in [-0.25, -0.2) is 0 Å². The third kappa shape index (κ3) is 2.61. The molecule has 0 heterocycles. The molecule has 0 aliphatic rings. The van der Waals surface area contributed by atoms with Gasteiger partial charge in [0.1, 0.15) is 6.07 Å². The van der Waals surface area contributed by atoms with Crippen molar-refractivity contribution < 1.29 is 0 Å². The lowest BCUT2D eigenvalue weighted by molar-refractivity contribution is 1.18. The van der Waals surface area contributed by atoms with E-state index >= 15 is 0 Å². The van der Waals surface area contributed by atoms with Crippen LogP contribution in [0.4, 0.5) is 11.4 Å². The second kappa shape index (κ2) is 6.14. The Balaban J connectivity index is 2.51.